The Morgan fingerprint density at radius 1 is 0.974 bits per heavy atom. The number of aromatic nitrogens is 3. The number of methoxy groups -OCH3 is 1. The summed E-state index contributed by atoms with van der Waals surface area (Å²) in [5.74, 6) is 0.647. The number of fused-ring (bicyclic) bond motifs is 2. The fraction of sp³-hybridized carbons (Fsp3) is 0.172. The zero-order valence-electron chi connectivity index (χ0n) is 20.7. The molecule has 0 radical (unpaired) electrons. The summed E-state index contributed by atoms with van der Waals surface area (Å²) in [6.45, 7) is 1.49. The van der Waals surface area contributed by atoms with E-state index in [9.17, 15) is 9.18 Å². The lowest BCUT2D eigenvalue weighted by Crippen LogP contribution is -2.19. The van der Waals surface area contributed by atoms with Gasteiger partial charge in [-0.3, -0.25) is 24.8 Å². The number of halogens is 1. The topological polar surface area (TPSA) is 79.5 Å². The maximum Gasteiger partial charge on any atom is 0.272 e. The van der Waals surface area contributed by atoms with Crippen molar-refractivity contribution >= 4 is 16.6 Å². The van der Waals surface area contributed by atoms with Gasteiger partial charge in [0.2, 0.25) is 0 Å². The highest BCUT2D eigenvalue weighted by molar-refractivity contribution is 5.86. The van der Waals surface area contributed by atoms with Crippen LogP contribution in [0.1, 0.15) is 12.0 Å². The second kappa shape index (κ2) is 10.0. The molecule has 0 amide bonds. The molecular formula is C29H25FN4O4. The molecule has 5 aromatic rings. The van der Waals surface area contributed by atoms with Gasteiger partial charge in [-0.1, -0.05) is 30.3 Å². The summed E-state index contributed by atoms with van der Waals surface area (Å²) in [4.78, 5) is 23.0. The number of benzene rings is 3. The molecule has 1 N–H and O–H groups in total. The van der Waals surface area contributed by atoms with E-state index in [2.05, 4.69) is 10.5 Å². The first-order chi connectivity index (χ1) is 18.6. The number of anilines is 1. The van der Waals surface area contributed by atoms with E-state index in [1.807, 2.05) is 41.1 Å². The highest BCUT2D eigenvalue weighted by Crippen LogP contribution is 2.33. The molecule has 1 aliphatic rings. The summed E-state index contributed by atoms with van der Waals surface area (Å²) in [5, 5.41) is 0.734. The zero-order chi connectivity index (χ0) is 26.1. The molecule has 9 heteroatoms. The minimum Gasteiger partial charge on any atom is -0.497 e. The van der Waals surface area contributed by atoms with Gasteiger partial charge in [-0.2, -0.15) is 0 Å². The fourth-order valence-corrected chi connectivity index (χ4v) is 4.79. The number of nitrogens with zero attached hydrogens (tertiary/aromatic N) is 3. The number of hydrogen-bond acceptors (Lipinski definition) is 6. The van der Waals surface area contributed by atoms with Gasteiger partial charge >= 0.3 is 0 Å². The van der Waals surface area contributed by atoms with E-state index in [4.69, 9.17) is 14.3 Å². The van der Waals surface area contributed by atoms with Crippen LogP contribution >= 0.6 is 0 Å². The van der Waals surface area contributed by atoms with Crippen LogP contribution in [0.5, 0.6) is 17.2 Å². The standard InChI is InChI=1S/C29H25FN4O4/c1-36-21-9-10-22-25(17-21)31-13-12-26(22)38-27-11-8-20(16-24(27)30)32-37-18-23-28(19-6-3-2-4-7-19)33-14-5-15-34(33)29(23)35/h2-4,6-13,16-17,32H,5,14-15,18H2,1H3. The normalized spacial score (nSPS) is 12.5. The van der Waals surface area contributed by atoms with E-state index in [-0.39, 0.29) is 17.9 Å². The minimum absolute atomic E-state index is 0.0302. The van der Waals surface area contributed by atoms with Crippen molar-refractivity contribution in [3.63, 3.8) is 0 Å². The molecule has 38 heavy (non-hydrogen) atoms. The molecule has 0 spiro atoms. The molecule has 0 fully saturated rings. The van der Waals surface area contributed by atoms with Crippen molar-refractivity contribution < 1.29 is 18.7 Å². The summed E-state index contributed by atoms with van der Waals surface area (Å²) in [7, 11) is 1.59. The van der Waals surface area contributed by atoms with E-state index in [1.54, 1.807) is 42.3 Å². The van der Waals surface area contributed by atoms with Crippen LogP contribution in [-0.4, -0.2) is 21.5 Å². The van der Waals surface area contributed by atoms with E-state index >= 15 is 0 Å². The molecular weight excluding hydrogens is 487 g/mol. The molecule has 0 atom stereocenters. The van der Waals surface area contributed by atoms with Gasteiger partial charge in [0.05, 0.1) is 29.6 Å². The van der Waals surface area contributed by atoms with Crippen molar-refractivity contribution in [2.24, 2.45) is 0 Å². The van der Waals surface area contributed by atoms with Crippen molar-refractivity contribution in [3.8, 4) is 28.5 Å². The van der Waals surface area contributed by atoms with Crippen molar-refractivity contribution in [2.75, 3.05) is 12.6 Å². The van der Waals surface area contributed by atoms with Gasteiger partial charge in [0, 0.05) is 42.4 Å². The molecule has 0 aliphatic carbocycles. The molecule has 1 aliphatic heterocycles. The van der Waals surface area contributed by atoms with Crippen LogP contribution in [0, 0.1) is 5.82 Å². The van der Waals surface area contributed by atoms with E-state index in [0.29, 0.717) is 34.8 Å². The first-order valence-electron chi connectivity index (χ1n) is 12.3. The van der Waals surface area contributed by atoms with Gasteiger partial charge in [0.15, 0.2) is 11.6 Å². The molecule has 3 aromatic carbocycles. The Labute approximate surface area is 217 Å². The molecule has 6 rings (SSSR count). The minimum atomic E-state index is -0.565. The Kier molecular flexibility index (Phi) is 6.27. The van der Waals surface area contributed by atoms with E-state index in [1.165, 1.54) is 12.1 Å². The molecule has 0 saturated heterocycles. The Morgan fingerprint density at radius 2 is 1.82 bits per heavy atom. The van der Waals surface area contributed by atoms with Crippen LogP contribution in [0.25, 0.3) is 22.2 Å². The average molecular weight is 513 g/mol. The lowest BCUT2D eigenvalue weighted by Gasteiger charge is -2.12. The van der Waals surface area contributed by atoms with Crippen LogP contribution in [0.3, 0.4) is 0 Å². The molecule has 0 bridgehead atoms. The SMILES string of the molecule is COc1ccc2c(Oc3ccc(NOCc4c(-c5ccccc5)n5n(c4=O)CCC5)cc3F)ccnc2c1. The second-order valence-electron chi connectivity index (χ2n) is 8.93. The summed E-state index contributed by atoms with van der Waals surface area (Å²) < 4.78 is 29.8. The maximum atomic E-state index is 15.0. The van der Waals surface area contributed by atoms with Crippen LogP contribution < -0.4 is 20.5 Å². The quantitative estimate of drug-likeness (QED) is 0.267. The third-order valence-electron chi connectivity index (χ3n) is 6.58. The highest BCUT2D eigenvalue weighted by Gasteiger charge is 2.24. The number of pyridine rings is 1. The first-order valence-corrected chi connectivity index (χ1v) is 12.3. The van der Waals surface area contributed by atoms with Crippen molar-refractivity contribution in [1.29, 1.82) is 0 Å². The third kappa shape index (κ3) is 4.37. The average Bonchev–Trinajstić information content (AvgIpc) is 3.52. The van der Waals surface area contributed by atoms with Crippen LogP contribution in [0.4, 0.5) is 10.1 Å². The lowest BCUT2D eigenvalue weighted by molar-refractivity contribution is 0.179. The third-order valence-corrected chi connectivity index (χ3v) is 6.58. The van der Waals surface area contributed by atoms with E-state index in [0.717, 1.165) is 29.6 Å². The zero-order valence-corrected chi connectivity index (χ0v) is 20.7. The van der Waals surface area contributed by atoms with Crippen LogP contribution in [0.2, 0.25) is 0 Å². The molecule has 192 valence electrons. The Hall–Kier alpha value is -4.63. The first kappa shape index (κ1) is 23.7. The van der Waals surface area contributed by atoms with E-state index < -0.39 is 5.82 Å². The van der Waals surface area contributed by atoms with Gasteiger partial charge in [-0.25, -0.2) is 9.07 Å². The molecule has 2 aromatic heterocycles. The molecule has 0 saturated carbocycles. The second-order valence-corrected chi connectivity index (χ2v) is 8.93. The number of hydrogen-bond donors (Lipinski definition) is 1. The van der Waals surface area contributed by atoms with Crippen molar-refractivity contribution in [3.05, 3.63) is 101 Å². The lowest BCUT2D eigenvalue weighted by atomic mass is 10.1. The summed E-state index contributed by atoms with van der Waals surface area (Å²) >= 11 is 0. The summed E-state index contributed by atoms with van der Waals surface area (Å²) in [5.41, 5.74) is 6.14. The van der Waals surface area contributed by atoms with Gasteiger partial charge in [-0.05, 0) is 36.8 Å². The number of ether oxygens (including phenoxy) is 2. The Morgan fingerprint density at radius 3 is 2.63 bits per heavy atom. The highest BCUT2D eigenvalue weighted by atomic mass is 19.1. The van der Waals surface area contributed by atoms with Crippen LogP contribution in [-0.2, 0) is 24.5 Å². The van der Waals surface area contributed by atoms with Gasteiger partial charge < -0.3 is 9.47 Å². The smallest absolute Gasteiger partial charge is 0.272 e. The Balaban J connectivity index is 1.18. The maximum absolute atomic E-state index is 15.0. The summed E-state index contributed by atoms with van der Waals surface area (Å²) in [6, 6.07) is 21.3. The molecule has 3 heterocycles. The van der Waals surface area contributed by atoms with Crippen molar-refractivity contribution in [2.45, 2.75) is 26.1 Å². The monoisotopic (exact) mass is 512 g/mol. The number of nitrogens with one attached hydrogen (secondary N) is 1. The predicted octanol–water partition coefficient (Wildman–Crippen LogP) is 5.75. The largest absolute Gasteiger partial charge is 0.497 e. The van der Waals surface area contributed by atoms with Gasteiger partial charge in [0.1, 0.15) is 18.1 Å². The number of rotatable bonds is 8. The van der Waals surface area contributed by atoms with Gasteiger partial charge in [-0.15, -0.1) is 0 Å². The van der Waals surface area contributed by atoms with Crippen LogP contribution in [0.15, 0.2) is 83.8 Å². The Bertz CT molecular complexity index is 1680. The van der Waals surface area contributed by atoms with Crippen molar-refractivity contribution in [1.82, 2.24) is 14.3 Å². The summed E-state index contributed by atoms with van der Waals surface area (Å²) in [6.07, 6.45) is 2.52. The predicted molar refractivity (Wildman–Crippen MR) is 142 cm³/mol. The van der Waals surface area contributed by atoms with Gasteiger partial charge in [0.25, 0.3) is 5.56 Å². The molecule has 0 unspecified atom stereocenters. The fourth-order valence-electron chi connectivity index (χ4n) is 4.79. The molecule has 8 nitrogen and oxygen atoms in total.